The van der Waals surface area contributed by atoms with Crippen LogP contribution >= 0.6 is 11.3 Å². The average Bonchev–Trinajstić information content (AvgIpc) is 3.19. The molecule has 2 saturated heterocycles. The standard InChI is InChI=1S/C19H28N4OS/c1-16-3-4-18(25-16)14-22-9-6-19(7-10-22)15-23(11-12-24-19)13-17-5-8-20-21(17)2/h3-5,8H,6-7,9-15H2,1-2H3. The molecule has 0 saturated carbocycles. The van der Waals surface area contributed by atoms with Crippen LogP contribution in [0.4, 0.5) is 0 Å². The van der Waals surface area contributed by atoms with Gasteiger partial charge in [-0.1, -0.05) is 0 Å². The van der Waals surface area contributed by atoms with Crippen molar-refractivity contribution in [3.63, 3.8) is 0 Å². The Bertz CT molecular complexity index is 702. The van der Waals surface area contributed by atoms with Crippen LogP contribution in [0.25, 0.3) is 0 Å². The van der Waals surface area contributed by atoms with E-state index in [9.17, 15) is 0 Å². The first-order valence-corrected chi connectivity index (χ1v) is 10.0. The van der Waals surface area contributed by atoms with Crippen LogP contribution in [0.5, 0.6) is 0 Å². The van der Waals surface area contributed by atoms with E-state index in [0.29, 0.717) is 0 Å². The van der Waals surface area contributed by atoms with Crippen molar-refractivity contribution < 1.29 is 4.74 Å². The summed E-state index contributed by atoms with van der Waals surface area (Å²) >= 11 is 1.92. The largest absolute Gasteiger partial charge is 0.372 e. The van der Waals surface area contributed by atoms with Crippen molar-refractivity contribution in [1.82, 2.24) is 19.6 Å². The zero-order chi connectivity index (χ0) is 17.3. The first-order valence-electron chi connectivity index (χ1n) is 9.23. The molecule has 5 nitrogen and oxygen atoms in total. The predicted octanol–water partition coefficient (Wildman–Crippen LogP) is 2.66. The molecule has 136 valence electrons. The molecule has 2 aromatic heterocycles. The van der Waals surface area contributed by atoms with Gasteiger partial charge < -0.3 is 4.74 Å². The molecule has 4 heterocycles. The van der Waals surface area contributed by atoms with Gasteiger partial charge in [0.05, 0.1) is 17.9 Å². The summed E-state index contributed by atoms with van der Waals surface area (Å²) in [5.41, 5.74) is 1.33. The third-order valence-corrected chi connectivity index (χ3v) is 6.56. The van der Waals surface area contributed by atoms with E-state index in [0.717, 1.165) is 58.7 Å². The van der Waals surface area contributed by atoms with Gasteiger partial charge in [-0.3, -0.25) is 14.5 Å². The minimum absolute atomic E-state index is 0.0543. The Morgan fingerprint density at radius 2 is 1.96 bits per heavy atom. The maximum absolute atomic E-state index is 6.30. The third kappa shape index (κ3) is 3.97. The van der Waals surface area contributed by atoms with Crippen molar-refractivity contribution in [1.29, 1.82) is 0 Å². The molecule has 6 heteroatoms. The van der Waals surface area contributed by atoms with Crippen molar-refractivity contribution in [2.24, 2.45) is 7.05 Å². The fourth-order valence-electron chi connectivity index (χ4n) is 4.06. The molecule has 25 heavy (non-hydrogen) atoms. The van der Waals surface area contributed by atoms with E-state index in [1.54, 1.807) is 0 Å². The highest BCUT2D eigenvalue weighted by molar-refractivity contribution is 7.11. The summed E-state index contributed by atoms with van der Waals surface area (Å²) in [4.78, 5) is 8.01. The second kappa shape index (κ2) is 7.19. The number of morpholine rings is 1. The third-order valence-electron chi connectivity index (χ3n) is 5.58. The summed E-state index contributed by atoms with van der Waals surface area (Å²) in [5, 5.41) is 4.29. The number of hydrogen-bond donors (Lipinski definition) is 0. The predicted molar refractivity (Wildman–Crippen MR) is 101 cm³/mol. The second-order valence-corrected chi connectivity index (χ2v) is 8.85. The van der Waals surface area contributed by atoms with E-state index in [1.165, 1.54) is 15.4 Å². The van der Waals surface area contributed by atoms with Crippen molar-refractivity contribution >= 4 is 11.3 Å². The van der Waals surface area contributed by atoms with Gasteiger partial charge in [0.2, 0.25) is 0 Å². The Balaban J connectivity index is 1.32. The van der Waals surface area contributed by atoms with Gasteiger partial charge in [-0.05, 0) is 38.0 Å². The number of piperidine rings is 1. The number of ether oxygens (including phenoxy) is 1. The summed E-state index contributed by atoms with van der Waals surface area (Å²) in [6.45, 7) is 9.43. The highest BCUT2D eigenvalue weighted by atomic mass is 32.1. The van der Waals surface area contributed by atoms with Gasteiger partial charge in [-0.2, -0.15) is 5.10 Å². The molecule has 0 bridgehead atoms. The lowest BCUT2D eigenvalue weighted by Gasteiger charge is -2.47. The van der Waals surface area contributed by atoms with Crippen LogP contribution in [0.1, 0.15) is 28.3 Å². The molecule has 0 amide bonds. The molecule has 0 atom stereocenters. The van der Waals surface area contributed by atoms with Crippen molar-refractivity contribution in [3.8, 4) is 0 Å². The average molecular weight is 361 g/mol. The Labute approximate surface area is 154 Å². The Morgan fingerprint density at radius 3 is 2.64 bits per heavy atom. The van der Waals surface area contributed by atoms with Gasteiger partial charge in [0.15, 0.2) is 0 Å². The first kappa shape index (κ1) is 17.2. The maximum Gasteiger partial charge on any atom is 0.0833 e. The smallest absolute Gasteiger partial charge is 0.0833 e. The first-order chi connectivity index (χ1) is 12.1. The van der Waals surface area contributed by atoms with Crippen LogP contribution in [0, 0.1) is 6.92 Å². The van der Waals surface area contributed by atoms with Crippen LogP contribution in [0.3, 0.4) is 0 Å². The van der Waals surface area contributed by atoms with Gasteiger partial charge >= 0.3 is 0 Å². The van der Waals surface area contributed by atoms with Gasteiger partial charge in [-0.15, -0.1) is 11.3 Å². The summed E-state index contributed by atoms with van der Waals surface area (Å²) in [5.74, 6) is 0. The number of likely N-dealkylation sites (tertiary alicyclic amines) is 1. The minimum Gasteiger partial charge on any atom is -0.372 e. The van der Waals surface area contributed by atoms with Gasteiger partial charge in [0.25, 0.3) is 0 Å². The molecule has 1 spiro atoms. The Hall–Kier alpha value is -1.21. The zero-order valence-corrected chi connectivity index (χ0v) is 16.1. The molecule has 0 unspecified atom stereocenters. The van der Waals surface area contributed by atoms with Crippen LogP contribution in [-0.2, 0) is 24.9 Å². The topological polar surface area (TPSA) is 33.5 Å². The zero-order valence-electron chi connectivity index (χ0n) is 15.3. The van der Waals surface area contributed by atoms with E-state index in [2.05, 4.69) is 40.0 Å². The van der Waals surface area contributed by atoms with Crippen LogP contribution in [-0.4, -0.2) is 58.0 Å². The monoisotopic (exact) mass is 360 g/mol. The second-order valence-electron chi connectivity index (χ2n) is 7.48. The molecule has 2 aromatic rings. The molecule has 2 fully saturated rings. The summed E-state index contributed by atoms with van der Waals surface area (Å²) < 4.78 is 8.28. The molecule has 0 N–H and O–H groups in total. The number of hydrogen-bond acceptors (Lipinski definition) is 5. The van der Waals surface area contributed by atoms with E-state index in [4.69, 9.17) is 4.74 Å². The van der Waals surface area contributed by atoms with Gasteiger partial charge in [-0.25, -0.2) is 0 Å². The minimum atomic E-state index is 0.0543. The highest BCUT2D eigenvalue weighted by Gasteiger charge is 2.39. The highest BCUT2D eigenvalue weighted by Crippen LogP contribution is 2.31. The Kier molecular flexibility index (Phi) is 4.95. The molecule has 4 rings (SSSR count). The fourth-order valence-corrected chi connectivity index (χ4v) is 4.99. The fraction of sp³-hybridized carbons (Fsp3) is 0.632. The number of rotatable bonds is 4. The molecular weight excluding hydrogens is 332 g/mol. The molecule has 0 radical (unpaired) electrons. The van der Waals surface area contributed by atoms with Crippen molar-refractivity contribution in [2.75, 3.05) is 32.8 Å². The van der Waals surface area contributed by atoms with Crippen LogP contribution in [0.15, 0.2) is 24.4 Å². The van der Waals surface area contributed by atoms with E-state index in [1.807, 2.05) is 29.3 Å². The number of thiophene rings is 1. The molecule has 0 aromatic carbocycles. The van der Waals surface area contributed by atoms with Crippen molar-refractivity contribution in [3.05, 3.63) is 39.8 Å². The summed E-state index contributed by atoms with van der Waals surface area (Å²) in [6, 6.07) is 6.62. The van der Waals surface area contributed by atoms with Gasteiger partial charge in [0.1, 0.15) is 0 Å². The quantitative estimate of drug-likeness (QED) is 0.839. The van der Waals surface area contributed by atoms with Crippen LogP contribution < -0.4 is 0 Å². The lowest BCUT2D eigenvalue weighted by atomic mass is 9.89. The van der Waals surface area contributed by atoms with Crippen LogP contribution in [0.2, 0.25) is 0 Å². The normalized spacial score (nSPS) is 21.8. The van der Waals surface area contributed by atoms with Crippen molar-refractivity contribution in [2.45, 2.75) is 38.5 Å². The lowest BCUT2D eigenvalue weighted by Crippen LogP contribution is -2.56. The summed E-state index contributed by atoms with van der Waals surface area (Å²) in [6.07, 6.45) is 4.16. The molecule has 0 aliphatic carbocycles. The number of aryl methyl sites for hydroxylation is 2. The van der Waals surface area contributed by atoms with Gasteiger partial charge in [0, 0.05) is 62.3 Å². The Morgan fingerprint density at radius 1 is 1.12 bits per heavy atom. The van der Waals surface area contributed by atoms with E-state index >= 15 is 0 Å². The lowest BCUT2D eigenvalue weighted by molar-refractivity contribution is -0.138. The summed E-state index contributed by atoms with van der Waals surface area (Å²) in [7, 11) is 2.02. The SMILES string of the molecule is Cc1ccc(CN2CCC3(CC2)CN(Cc2ccnn2C)CCO3)s1. The molecule has 2 aliphatic heterocycles. The maximum atomic E-state index is 6.30. The number of nitrogens with zero attached hydrogens (tertiary/aromatic N) is 4. The van der Waals surface area contributed by atoms with E-state index in [-0.39, 0.29) is 5.60 Å². The molecular formula is C19H28N4OS. The van der Waals surface area contributed by atoms with E-state index < -0.39 is 0 Å². The number of aromatic nitrogens is 2. The molecule has 2 aliphatic rings.